The van der Waals surface area contributed by atoms with Gasteiger partial charge in [0.15, 0.2) is 0 Å². The van der Waals surface area contributed by atoms with E-state index >= 15 is 0 Å². The molecule has 0 radical (unpaired) electrons. The fourth-order valence-corrected chi connectivity index (χ4v) is 4.58. The molecule has 0 saturated carbocycles. The van der Waals surface area contributed by atoms with Gasteiger partial charge in [-0.15, -0.1) is 0 Å². The molecule has 0 aliphatic carbocycles. The van der Waals surface area contributed by atoms with Gasteiger partial charge in [0.25, 0.3) is 5.91 Å². The SMILES string of the molecule is CCc1ccc(NC(=O)c2ccc(N3CCN(C(C)C)CC3)cc2)cc1S(N)(=O)=O. The molecule has 2 aromatic carbocycles. The summed E-state index contributed by atoms with van der Waals surface area (Å²) >= 11 is 0. The highest BCUT2D eigenvalue weighted by Gasteiger charge is 2.19. The number of carbonyl (C=O) groups is 1. The maximum atomic E-state index is 12.6. The van der Waals surface area contributed by atoms with E-state index in [9.17, 15) is 13.2 Å². The Labute approximate surface area is 178 Å². The Morgan fingerprint density at radius 3 is 2.23 bits per heavy atom. The van der Waals surface area contributed by atoms with Crippen LogP contribution in [0.2, 0.25) is 0 Å². The summed E-state index contributed by atoms with van der Waals surface area (Å²) in [5.41, 5.74) is 2.63. The van der Waals surface area contributed by atoms with E-state index in [1.807, 2.05) is 19.1 Å². The number of nitrogens with two attached hydrogens (primary N) is 1. The summed E-state index contributed by atoms with van der Waals surface area (Å²) in [6.07, 6.45) is 0.535. The number of primary sulfonamides is 1. The van der Waals surface area contributed by atoms with Gasteiger partial charge in [-0.25, -0.2) is 13.6 Å². The zero-order valence-corrected chi connectivity index (χ0v) is 18.6. The molecule has 162 valence electrons. The number of nitrogens with zero attached hydrogens (tertiary/aromatic N) is 2. The van der Waals surface area contributed by atoms with Gasteiger partial charge in [-0.2, -0.15) is 0 Å². The van der Waals surface area contributed by atoms with Gasteiger partial charge in [0.1, 0.15) is 0 Å². The smallest absolute Gasteiger partial charge is 0.255 e. The van der Waals surface area contributed by atoms with Gasteiger partial charge in [0.2, 0.25) is 10.0 Å². The molecule has 1 aliphatic rings. The van der Waals surface area contributed by atoms with Crippen molar-refractivity contribution in [3.63, 3.8) is 0 Å². The molecule has 3 rings (SSSR count). The minimum absolute atomic E-state index is 0.0405. The summed E-state index contributed by atoms with van der Waals surface area (Å²) in [5.74, 6) is -0.296. The lowest BCUT2D eigenvalue weighted by molar-refractivity contribution is 0.102. The van der Waals surface area contributed by atoms with Crippen molar-refractivity contribution in [2.45, 2.75) is 38.1 Å². The zero-order valence-electron chi connectivity index (χ0n) is 17.8. The summed E-state index contributed by atoms with van der Waals surface area (Å²) in [5, 5.41) is 8.07. The van der Waals surface area contributed by atoms with Crippen LogP contribution in [-0.2, 0) is 16.4 Å². The predicted molar refractivity (Wildman–Crippen MR) is 121 cm³/mol. The van der Waals surface area contributed by atoms with E-state index in [0.717, 1.165) is 31.9 Å². The van der Waals surface area contributed by atoms with Crippen LogP contribution in [0.5, 0.6) is 0 Å². The van der Waals surface area contributed by atoms with Crippen LogP contribution in [0.1, 0.15) is 36.7 Å². The van der Waals surface area contributed by atoms with Crippen molar-refractivity contribution >= 4 is 27.3 Å². The first-order valence-electron chi connectivity index (χ1n) is 10.2. The summed E-state index contributed by atoms with van der Waals surface area (Å²) in [7, 11) is -3.86. The molecule has 1 heterocycles. The predicted octanol–water partition coefficient (Wildman–Crippen LogP) is 2.68. The molecule has 7 nitrogen and oxygen atoms in total. The second-order valence-corrected chi connectivity index (χ2v) is 9.37. The molecule has 30 heavy (non-hydrogen) atoms. The molecule has 0 aromatic heterocycles. The quantitative estimate of drug-likeness (QED) is 0.735. The average molecular weight is 431 g/mol. The minimum Gasteiger partial charge on any atom is -0.369 e. The maximum Gasteiger partial charge on any atom is 0.255 e. The van der Waals surface area contributed by atoms with E-state index in [-0.39, 0.29) is 10.8 Å². The molecule has 0 unspecified atom stereocenters. The van der Waals surface area contributed by atoms with Crippen LogP contribution in [0, 0.1) is 0 Å². The van der Waals surface area contributed by atoms with Crippen LogP contribution in [-0.4, -0.2) is 51.4 Å². The monoisotopic (exact) mass is 430 g/mol. The normalized spacial score (nSPS) is 15.4. The van der Waals surface area contributed by atoms with Crippen LogP contribution >= 0.6 is 0 Å². The van der Waals surface area contributed by atoms with E-state index in [0.29, 0.717) is 29.3 Å². The number of nitrogens with one attached hydrogen (secondary N) is 1. The van der Waals surface area contributed by atoms with Gasteiger partial charge >= 0.3 is 0 Å². The molecular weight excluding hydrogens is 400 g/mol. The van der Waals surface area contributed by atoms with Crippen molar-refractivity contribution in [3.8, 4) is 0 Å². The minimum atomic E-state index is -3.86. The topological polar surface area (TPSA) is 95.7 Å². The fourth-order valence-electron chi connectivity index (χ4n) is 3.71. The second-order valence-electron chi connectivity index (χ2n) is 7.84. The van der Waals surface area contributed by atoms with Crippen molar-refractivity contribution in [1.82, 2.24) is 4.90 Å². The van der Waals surface area contributed by atoms with Crippen molar-refractivity contribution < 1.29 is 13.2 Å². The summed E-state index contributed by atoms with van der Waals surface area (Å²) in [6, 6.07) is 12.8. The Morgan fingerprint density at radius 1 is 1.07 bits per heavy atom. The van der Waals surface area contributed by atoms with Crippen LogP contribution < -0.4 is 15.4 Å². The first-order chi connectivity index (χ1) is 14.2. The number of benzene rings is 2. The number of carbonyl (C=O) groups excluding carboxylic acids is 1. The molecule has 1 amide bonds. The van der Waals surface area contributed by atoms with Crippen molar-refractivity contribution in [2.24, 2.45) is 5.14 Å². The molecular formula is C22H30N4O3S. The summed E-state index contributed by atoms with van der Waals surface area (Å²) in [6.45, 7) is 10.3. The standard InChI is InChI=1S/C22H30N4O3S/c1-4-17-5-8-19(15-21(17)30(23,28)29)24-22(27)18-6-9-20(10-7-18)26-13-11-25(12-14-26)16(2)3/h5-10,15-16H,4,11-14H2,1-3H3,(H,24,27)(H2,23,28,29). The number of amides is 1. The van der Waals surface area contributed by atoms with E-state index in [4.69, 9.17) is 5.14 Å². The first-order valence-corrected chi connectivity index (χ1v) is 11.8. The largest absolute Gasteiger partial charge is 0.369 e. The third-order valence-corrected chi connectivity index (χ3v) is 6.54. The number of hydrogen-bond acceptors (Lipinski definition) is 5. The number of rotatable bonds is 6. The maximum absolute atomic E-state index is 12.6. The molecule has 8 heteroatoms. The highest BCUT2D eigenvalue weighted by Crippen LogP contribution is 2.22. The van der Waals surface area contributed by atoms with Gasteiger partial charge in [-0.3, -0.25) is 9.69 Å². The van der Waals surface area contributed by atoms with Crippen LogP contribution in [0.25, 0.3) is 0 Å². The lowest BCUT2D eigenvalue weighted by Crippen LogP contribution is -2.48. The van der Waals surface area contributed by atoms with Gasteiger partial charge in [-0.1, -0.05) is 13.0 Å². The fraction of sp³-hybridized carbons (Fsp3) is 0.409. The van der Waals surface area contributed by atoms with Crippen molar-refractivity contribution in [2.75, 3.05) is 36.4 Å². The van der Waals surface area contributed by atoms with Crippen molar-refractivity contribution in [3.05, 3.63) is 53.6 Å². The zero-order chi connectivity index (χ0) is 21.9. The van der Waals surface area contributed by atoms with Gasteiger partial charge in [0.05, 0.1) is 4.90 Å². The van der Waals surface area contributed by atoms with Crippen molar-refractivity contribution in [1.29, 1.82) is 0 Å². The number of hydrogen-bond donors (Lipinski definition) is 2. The molecule has 0 bridgehead atoms. The van der Waals surface area contributed by atoms with E-state index in [1.54, 1.807) is 24.3 Å². The summed E-state index contributed by atoms with van der Waals surface area (Å²) < 4.78 is 23.6. The lowest BCUT2D eigenvalue weighted by Gasteiger charge is -2.38. The molecule has 2 aromatic rings. The number of aryl methyl sites for hydroxylation is 1. The molecule has 1 saturated heterocycles. The second kappa shape index (κ2) is 9.16. The average Bonchev–Trinajstić information content (AvgIpc) is 2.73. The Hall–Kier alpha value is -2.42. The number of sulfonamides is 1. The van der Waals surface area contributed by atoms with Gasteiger partial charge < -0.3 is 10.2 Å². The first kappa shape index (κ1) is 22.3. The van der Waals surface area contributed by atoms with E-state index in [1.165, 1.54) is 6.07 Å². The molecule has 0 spiro atoms. The highest BCUT2D eigenvalue weighted by atomic mass is 32.2. The Morgan fingerprint density at radius 2 is 1.70 bits per heavy atom. The summed E-state index contributed by atoms with van der Waals surface area (Å²) in [4.78, 5) is 17.4. The van der Waals surface area contributed by atoms with Gasteiger partial charge in [-0.05, 0) is 62.2 Å². The van der Waals surface area contributed by atoms with Crippen LogP contribution in [0.4, 0.5) is 11.4 Å². The van der Waals surface area contributed by atoms with Crippen LogP contribution in [0.15, 0.2) is 47.4 Å². The van der Waals surface area contributed by atoms with Crippen LogP contribution in [0.3, 0.4) is 0 Å². The molecule has 0 atom stereocenters. The van der Waals surface area contributed by atoms with E-state index < -0.39 is 10.0 Å². The Kier molecular flexibility index (Phi) is 6.80. The third kappa shape index (κ3) is 5.19. The molecule has 1 fully saturated rings. The highest BCUT2D eigenvalue weighted by molar-refractivity contribution is 7.89. The van der Waals surface area contributed by atoms with E-state index in [2.05, 4.69) is 29.0 Å². The molecule has 1 aliphatic heterocycles. The third-order valence-electron chi connectivity index (χ3n) is 5.55. The molecule has 3 N–H and O–H groups in total. The Balaban J connectivity index is 1.68. The number of piperazine rings is 1. The van der Waals surface area contributed by atoms with Gasteiger partial charge in [0, 0.05) is 49.2 Å². The lowest BCUT2D eigenvalue weighted by atomic mass is 10.1. The number of anilines is 2. The Bertz CT molecular complexity index is 996.